The standard InChI is InChI=1S/C13H11NO3/c1-14-7-17-6-10-11(14)13(16)9-5-3-2-4-8(9)12(10)15/h2-5H,6-7H2,1H3. The monoisotopic (exact) mass is 229 g/mol. The van der Waals surface area contributed by atoms with Crippen molar-refractivity contribution in [2.24, 2.45) is 0 Å². The van der Waals surface area contributed by atoms with Crippen molar-refractivity contribution in [1.29, 1.82) is 0 Å². The van der Waals surface area contributed by atoms with E-state index in [0.29, 0.717) is 29.1 Å². The van der Waals surface area contributed by atoms with Crippen molar-refractivity contribution in [2.75, 3.05) is 20.4 Å². The van der Waals surface area contributed by atoms with Crippen molar-refractivity contribution in [3.05, 3.63) is 46.7 Å². The predicted molar refractivity (Wildman–Crippen MR) is 60.7 cm³/mol. The Bertz CT molecular complexity index is 560. The van der Waals surface area contributed by atoms with E-state index in [1.807, 2.05) is 0 Å². The summed E-state index contributed by atoms with van der Waals surface area (Å²) in [6.07, 6.45) is 0. The Morgan fingerprint density at radius 2 is 1.76 bits per heavy atom. The molecule has 0 bridgehead atoms. The molecule has 17 heavy (non-hydrogen) atoms. The third kappa shape index (κ3) is 1.34. The molecule has 1 aromatic carbocycles. The number of nitrogens with zero attached hydrogens (tertiary/aromatic N) is 1. The van der Waals surface area contributed by atoms with Crippen LogP contribution < -0.4 is 0 Å². The van der Waals surface area contributed by atoms with Crippen molar-refractivity contribution < 1.29 is 14.3 Å². The predicted octanol–water partition coefficient (Wildman–Crippen LogP) is 1.24. The zero-order valence-electron chi connectivity index (χ0n) is 9.40. The van der Waals surface area contributed by atoms with Gasteiger partial charge in [-0.3, -0.25) is 9.59 Å². The van der Waals surface area contributed by atoms with E-state index in [1.165, 1.54) is 0 Å². The molecule has 0 fully saturated rings. The van der Waals surface area contributed by atoms with E-state index < -0.39 is 0 Å². The molecule has 3 rings (SSSR count). The third-order valence-corrected chi connectivity index (χ3v) is 3.10. The zero-order chi connectivity index (χ0) is 12.0. The molecular formula is C13H11NO3. The summed E-state index contributed by atoms with van der Waals surface area (Å²) >= 11 is 0. The Morgan fingerprint density at radius 3 is 2.47 bits per heavy atom. The molecule has 4 nitrogen and oxygen atoms in total. The largest absolute Gasteiger partial charge is 0.356 e. The minimum absolute atomic E-state index is 0.0824. The Kier molecular flexibility index (Phi) is 2.12. The number of allylic oxidation sites excluding steroid dienone is 1. The maximum atomic E-state index is 12.3. The van der Waals surface area contributed by atoms with Crippen LogP contribution in [0.5, 0.6) is 0 Å². The van der Waals surface area contributed by atoms with Crippen molar-refractivity contribution >= 4 is 11.6 Å². The van der Waals surface area contributed by atoms with E-state index in [-0.39, 0.29) is 18.2 Å². The van der Waals surface area contributed by atoms with E-state index in [2.05, 4.69) is 0 Å². The van der Waals surface area contributed by atoms with Gasteiger partial charge in [0.15, 0.2) is 5.78 Å². The van der Waals surface area contributed by atoms with Gasteiger partial charge in [-0.15, -0.1) is 0 Å². The van der Waals surface area contributed by atoms with Crippen LogP contribution in [0.4, 0.5) is 0 Å². The molecule has 86 valence electrons. The van der Waals surface area contributed by atoms with Gasteiger partial charge in [-0.1, -0.05) is 24.3 Å². The van der Waals surface area contributed by atoms with Gasteiger partial charge in [-0.25, -0.2) is 0 Å². The number of likely N-dealkylation sites (N-methyl/N-ethyl adjacent to an activating group) is 1. The second kappa shape index (κ2) is 3.53. The minimum atomic E-state index is -0.0956. The molecular weight excluding hydrogens is 218 g/mol. The lowest BCUT2D eigenvalue weighted by molar-refractivity contribution is 0.0455. The summed E-state index contributed by atoms with van der Waals surface area (Å²) in [6, 6.07) is 6.93. The van der Waals surface area contributed by atoms with E-state index in [9.17, 15) is 9.59 Å². The molecule has 2 aliphatic rings. The number of fused-ring (bicyclic) bond motifs is 1. The van der Waals surface area contributed by atoms with Crippen molar-refractivity contribution in [3.63, 3.8) is 0 Å². The number of benzene rings is 1. The van der Waals surface area contributed by atoms with Crippen LogP contribution in [0.25, 0.3) is 0 Å². The number of rotatable bonds is 0. The Labute approximate surface area is 98.5 Å². The topological polar surface area (TPSA) is 46.6 Å². The minimum Gasteiger partial charge on any atom is -0.356 e. The maximum Gasteiger partial charge on any atom is 0.210 e. The van der Waals surface area contributed by atoms with Crippen LogP contribution in [0.3, 0.4) is 0 Å². The van der Waals surface area contributed by atoms with Gasteiger partial charge in [0.2, 0.25) is 5.78 Å². The number of carbonyl (C=O) groups is 2. The molecule has 4 heteroatoms. The van der Waals surface area contributed by atoms with Gasteiger partial charge in [0, 0.05) is 18.2 Å². The van der Waals surface area contributed by atoms with Crippen LogP contribution in [-0.4, -0.2) is 36.9 Å². The van der Waals surface area contributed by atoms with Gasteiger partial charge in [-0.2, -0.15) is 0 Å². The number of hydrogen-bond acceptors (Lipinski definition) is 4. The van der Waals surface area contributed by atoms with Gasteiger partial charge >= 0.3 is 0 Å². The fraction of sp³-hybridized carbons (Fsp3) is 0.231. The molecule has 0 amide bonds. The van der Waals surface area contributed by atoms with Gasteiger partial charge in [0.1, 0.15) is 6.73 Å². The Morgan fingerprint density at radius 1 is 1.12 bits per heavy atom. The van der Waals surface area contributed by atoms with E-state index in [4.69, 9.17) is 4.74 Å². The molecule has 1 aromatic rings. The lowest BCUT2D eigenvalue weighted by atomic mass is 9.86. The fourth-order valence-electron chi connectivity index (χ4n) is 2.30. The summed E-state index contributed by atoms with van der Waals surface area (Å²) < 4.78 is 5.28. The zero-order valence-corrected chi connectivity index (χ0v) is 9.40. The van der Waals surface area contributed by atoms with E-state index >= 15 is 0 Å². The lowest BCUT2D eigenvalue weighted by Crippen LogP contribution is -2.38. The summed E-state index contributed by atoms with van der Waals surface area (Å²) in [5, 5.41) is 0. The van der Waals surface area contributed by atoms with Gasteiger partial charge in [-0.05, 0) is 0 Å². The number of carbonyl (C=O) groups excluding carboxylic acids is 2. The van der Waals surface area contributed by atoms with Crippen molar-refractivity contribution in [3.8, 4) is 0 Å². The Balaban J connectivity index is 2.23. The van der Waals surface area contributed by atoms with Crippen LogP contribution in [0.15, 0.2) is 35.5 Å². The lowest BCUT2D eigenvalue weighted by Gasteiger charge is -2.32. The number of hydrogen-bond donors (Lipinski definition) is 0. The van der Waals surface area contributed by atoms with Crippen LogP contribution in [-0.2, 0) is 4.74 Å². The smallest absolute Gasteiger partial charge is 0.210 e. The molecule has 1 aliphatic carbocycles. The SMILES string of the molecule is CN1COCC2=C1C(=O)c1ccccc1C2=O. The number of Topliss-reactive ketones (excluding diaryl/α,β-unsaturated/α-hetero) is 2. The van der Waals surface area contributed by atoms with Gasteiger partial charge < -0.3 is 9.64 Å². The fourth-order valence-corrected chi connectivity index (χ4v) is 2.30. The normalized spacial score (nSPS) is 19.2. The molecule has 1 aliphatic heterocycles. The number of ketones is 2. The van der Waals surface area contributed by atoms with E-state index in [0.717, 1.165) is 0 Å². The van der Waals surface area contributed by atoms with Gasteiger partial charge in [0.05, 0.1) is 17.9 Å². The first kappa shape index (κ1) is 10.2. The van der Waals surface area contributed by atoms with Crippen LogP contribution in [0.2, 0.25) is 0 Å². The van der Waals surface area contributed by atoms with Crippen molar-refractivity contribution in [2.45, 2.75) is 0 Å². The van der Waals surface area contributed by atoms with Crippen LogP contribution in [0.1, 0.15) is 20.7 Å². The summed E-state index contributed by atoms with van der Waals surface area (Å²) in [4.78, 5) is 26.2. The first-order valence-electron chi connectivity index (χ1n) is 5.40. The molecule has 0 radical (unpaired) electrons. The maximum absolute atomic E-state index is 12.3. The summed E-state index contributed by atoms with van der Waals surface area (Å²) in [5.74, 6) is -0.178. The molecule has 0 saturated heterocycles. The first-order chi connectivity index (χ1) is 8.20. The molecule has 0 spiro atoms. The van der Waals surface area contributed by atoms with Crippen molar-refractivity contribution in [1.82, 2.24) is 4.90 Å². The van der Waals surface area contributed by atoms with Crippen LogP contribution in [0, 0.1) is 0 Å². The molecule has 0 saturated carbocycles. The Hall–Kier alpha value is -1.94. The highest BCUT2D eigenvalue weighted by atomic mass is 16.5. The highest BCUT2D eigenvalue weighted by molar-refractivity contribution is 6.26. The van der Waals surface area contributed by atoms with Gasteiger partial charge in [0.25, 0.3) is 0 Å². The average Bonchev–Trinajstić information content (AvgIpc) is 2.36. The quantitative estimate of drug-likeness (QED) is 0.671. The summed E-state index contributed by atoms with van der Waals surface area (Å²) in [5.41, 5.74) is 1.93. The average molecular weight is 229 g/mol. The molecule has 1 heterocycles. The highest BCUT2D eigenvalue weighted by Crippen LogP contribution is 2.29. The molecule has 0 unspecified atom stereocenters. The third-order valence-electron chi connectivity index (χ3n) is 3.10. The second-order valence-electron chi connectivity index (χ2n) is 4.21. The molecule has 0 N–H and O–H groups in total. The van der Waals surface area contributed by atoms with E-state index in [1.54, 1.807) is 36.2 Å². The molecule has 0 aromatic heterocycles. The highest BCUT2D eigenvalue weighted by Gasteiger charge is 2.35. The summed E-state index contributed by atoms with van der Waals surface area (Å²) in [6.45, 7) is 0.568. The first-order valence-corrected chi connectivity index (χ1v) is 5.40. The number of ether oxygens (including phenoxy) is 1. The van der Waals surface area contributed by atoms with Crippen LogP contribution >= 0.6 is 0 Å². The summed E-state index contributed by atoms with van der Waals surface area (Å²) in [7, 11) is 1.76. The second-order valence-corrected chi connectivity index (χ2v) is 4.21. The molecule has 0 atom stereocenters.